The molecule has 0 N–H and O–H groups in total. The Morgan fingerprint density at radius 2 is 1.41 bits per heavy atom. The average molecular weight is 605 g/mol. The van der Waals surface area contributed by atoms with Crippen LogP contribution in [-0.4, -0.2) is 42.4 Å². The van der Waals surface area contributed by atoms with Gasteiger partial charge in [0.05, 0.1) is 18.8 Å². The molecule has 5 aromatic carbocycles. The lowest BCUT2D eigenvalue weighted by Crippen LogP contribution is -2.62. The summed E-state index contributed by atoms with van der Waals surface area (Å²) in [5.74, 6) is -0.442. The second kappa shape index (κ2) is 13.3. The van der Waals surface area contributed by atoms with Crippen molar-refractivity contribution in [2.75, 3.05) is 6.61 Å². The van der Waals surface area contributed by atoms with Gasteiger partial charge in [0.15, 0.2) is 12.4 Å². The Hall–Kier alpha value is -3.98. The van der Waals surface area contributed by atoms with E-state index in [4.69, 9.17) is 23.7 Å². The number of fused-ring (bicyclic) bond motifs is 2. The number of carbonyl (C=O) groups is 1. The zero-order chi connectivity index (χ0) is 29.7. The maximum atomic E-state index is 13.5. The summed E-state index contributed by atoms with van der Waals surface area (Å²) in [5.41, 5.74) is 1.81. The van der Waals surface area contributed by atoms with Crippen molar-refractivity contribution in [3.63, 3.8) is 0 Å². The standard InChI is InChI=1S/C37H32O6S/c38-35(27-13-4-1-5-14-27)42-34-33(39-23-25-20-21-26-12-10-11-17-29(26)22-25)32-31(41-37(34)44-30-18-8-3-9-19-30)24-40-36(43-32)28-15-6-2-7-16-28/h1-22,31-34,36-37H,23-24H2/t31-,32-,33+,34-,36?,37+/m1/s1. The van der Waals surface area contributed by atoms with Crippen molar-refractivity contribution >= 4 is 28.5 Å². The molecule has 0 bridgehead atoms. The predicted molar refractivity (Wildman–Crippen MR) is 169 cm³/mol. The molecule has 7 heteroatoms. The molecule has 0 radical (unpaired) electrons. The highest BCUT2D eigenvalue weighted by Gasteiger charge is 2.52. The Balaban J connectivity index is 1.22. The van der Waals surface area contributed by atoms with E-state index in [9.17, 15) is 4.79 Å². The van der Waals surface area contributed by atoms with E-state index in [1.54, 1.807) is 12.1 Å². The van der Waals surface area contributed by atoms with Crippen LogP contribution in [0.25, 0.3) is 10.8 Å². The van der Waals surface area contributed by atoms with Crippen molar-refractivity contribution in [2.24, 2.45) is 0 Å². The van der Waals surface area contributed by atoms with Crippen molar-refractivity contribution in [3.8, 4) is 0 Å². The van der Waals surface area contributed by atoms with Gasteiger partial charge >= 0.3 is 5.97 Å². The molecule has 44 heavy (non-hydrogen) atoms. The van der Waals surface area contributed by atoms with Gasteiger partial charge in [-0.15, -0.1) is 0 Å². The number of ether oxygens (including phenoxy) is 5. The maximum Gasteiger partial charge on any atom is 0.338 e. The van der Waals surface area contributed by atoms with Gasteiger partial charge in [0.25, 0.3) is 0 Å². The van der Waals surface area contributed by atoms with Gasteiger partial charge in [-0.2, -0.15) is 0 Å². The van der Waals surface area contributed by atoms with Crippen molar-refractivity contribution < 1.29 is 28.5 Å². The summed E-state index contributed by atoms with van der Waals surface area (Å²) in [6.45, 7) is 0.617. The monoisotopic (exact) mass is 604 g/mol. The molecule has 2 heterocycles. The minimum atomic E-state index is -0.774. The van der Waals surface area contributed by atoms with E-state index in [0.717, 1.165) is 26.8 Å². The molecule has 0 amide bonds. The molecular formula is C37H32O6S. The van der Waals surface area contributed by atoms with E-state index in [0.29, 0.717) is 18.8 Å². The molecule has 1 unspecified atom stereocenters. The molecule has 6 nitrogen and oxygen atoms in total. The number of thioether (sulfide) groups is 1. The third kappa shape index (κ3) is 6.43. The molecule has 222 valence electrons. The molecule has 0 aliphatic carbocycles. The summed E-state index contributed by atoms with van der Waals surface area (Å²) in [5, 5.41) is 2.30. The Kier molecular flexibility index (Phi) is 8.72. The number of benzene rings is 5. The van der Waals surface area contributed by atoms with Crippen molar-refractivity contribution in [3.05, 3.63) is 150 Å². The van der Waals surface area contributed by atoms with Gasteiger partial charge in [0, 0.05) is 10.5 Å². The van der Waals surface area contributed by atoms with Crippen LogP contribution in [-0.2, 0) is 30.3 Å². The fourth-order valence-corrected chi connectivity index (χ4v) is 6.78. The molecule has 2 aliphatic heterocycles. The Morgan fingerprint density at radius 3 is 2.18 bits per heavy atom. The van der Waals surface area contributed by atoms with Crippen LogP contribution in [0.4, 0.5) is 0 Å². The van der Waals surface area contributed by atoms with Gasteiger partial charge in [-0.25, -0.2) is 4.79 Å². The summed E-state index contributed by atoms with van der Waals surface area (Å²) in [4.78, 5) is 14.5. The van der Waals surface area contributed by atoms with Gasteiger partial charge in [-0.1, -0.05) is 115 Å². The van der Waals surface area contributed by atoms with E-state index in [-0.39, 0.29) is 0 Å². The van der Waals surface area contributed by atoms with E-state index in [1.807, 2.05) is 91.0 Å². The minimum Gasteiger partial charge on any atom is -0.452 e. The number of esters is 1. The van der Waals surface area contributed by atoms with Gasteiger partial charge in [0.1, 0.15) is 23.7 Å². The normalized spacial score (nSPS) is 24.8. The zero-order valence-electron chi connectivity index (χ0n) is 23.9. The molecule has 2 aliphatic rings. The van der Waals surface area contributed by atoms with Gasteiger partial charge in [-0.05, 0) is 46.7 Å². The van der Waals surface area contributed by atoms with Crippen molar-refractivity contribution in [1.29, 1.82) is 0 Å². The highest BCUT2D eigenvalue weighted by Crippen LogP contribution is 2.41. The number of hydrogen-bond donors (Lipinski definition) is 0. The highest BCUT2D eigenvalue weighted by atomic mass is 32.2. The third-order valence-corrected chi connectivity index (χ3v) is 9.02. The van der Waals surface area contributed by atoms with Crippen LogP contribution in [0, 0.1) is 0 Å². The first-order valence-electron chi connectivity index (χ1n) is 14.8. The molecule has 0 saturated carbocycles. The van der Waals surface area contributed by atoms with Crippen LogP contribution in [0.15, 0.2) is 138 Å². The number of carbonyl (C=O) groups excluding carboxylic acids is 1. The first kappa shape index (κ1) is 28.8. The van der Waals surface area contributed by atoms with Crippen LogP contribution >= 0.6 is 11.8 Å². The topological polar surface area (TPSA) is 63.2 Å². The summed E-state index contributed by atoms with van der Waals surface area (Å²) in [6.07, 6.45) is -2.98. The Morgan fingerprint density at radius 1 is 0.727 bits per heavy atom. The molecule has 5 aromatic rings. The average Bonchev–Trinajstić information content (AvgIpc) is 3.09. The quantitative estimate of drug-likeness (QED) is 0.169. The minimum absolute atomic E-state index is 0.307. The Labute approximate surface area is 260 Å². The van der Waals surface area contributed by atoms with Crippen LogP contribution < -0.4 is 0 Å². The fourth-order valence-electron chi connectivity index (χ4n) is 5.66. The van der Waals surface area contributed by atoms with Crippen LogP contribution in [0.2, 0.25) is 0 Å². The summed E-state index contributed by atoms with van der Waals surface area (Å²) >= 11 is 1.50. The van der Waals surface area contributed by atoms with Gasteiger partial charge < -0.3 is 23.7 Å². The lowest BCUT2D eigenvalue weighted by molar-refractivity contribution is -0.324. The highest BCUT2D eigenvalue weighted by molar-refractivity contribution is 7.99. The summed E-state index contributed by atoms with van der Waals surface area (Å²) in [7, 11) is 0. The fraction of sp³-hybridized carbons (Fsp3) is 0.216. The van der Waals surface area contributed by atoms with Crippen LogP contribution in [0.5, 0.6) is 0 Å². The van der Waals surface area contributed by atoms with E-state index in [1.165, 1.54) is 11.8 Å². The smallest absolute Gasteiger partial charge is 0.338 e. The lowest BCUT2D eigenvalue weighted by atomic mass is 9.98. The number of rotatable bonds is 8. The van der Waals surface area contributed by atoms with E-state index in [2.05, 4.69) is 30.3 Å². The van der Waals surface area contributed by atoms with Crippen LogP contribution in [0.3, 0.4) is 0 Å². The largest absolute Gasteiger partial charge is 0.452 e. The van der Waals surface area contributed by atoms with Gasteiger partial charge in [0.2, 0.25) is 0 Å². The number of hydrogen-bond acceptors (Lipinski definition) is 7. The molecule has 6 atom stereocenters. The zero-order valence-corrected chi connectivity index (χ0v) is 24.8. The first-order valence-corrected chi connectivity index (χ1v) is 15.6. The van der Waals surface area contributed by atoms with Crippen molar-refractivity contribution in [2.45, 2.75) is 47.6 Å². The molecular weight excluding hydrogens is 572 g/mol. The summed E-state index contributed by atoms with van der Waals surface area (Å²) in [6, 6.07) is 43.3. The van der Waals surface area contributed by atoms with Crippen molar-refractivity contribution in [1.82, 2.24) is 0 Å². The molecule has 2 saturated heterocycles. The maximum absolute atomic E-state index is 13.5. The molecule has 0 spiro atoms. The summed E-state index contributed by atoms with van der Waals surface area (Å²) < 4.78 is 32.4. The lowest BCUT2D eigenvalue weighted by Gasteiger charge is -2.48. The van der Waals surface area contributed by atoms with E-state index >= 15 is 0 Å². The van der Waals surface area contributed by atoms with Crippen LogP contribution in [0.1, 0.15) is 27.8 Å². The van der Waals surface area contributed by atoms with E-state index < -0.39 is 42.1 Å². The predicted octanol–water partition coefficient (Wildman–Crippen LogP) is 7.58. The van der Waals surface area contributed by atoms with Gasteiger partial charge in [-0.3, -0.25) is 0 Å². The second-order valence-electron chi connectivity index (χ2n) is 10.8. The third-order valence-electron chi connectivity index (χ3n) is 7.86. The second-order valence-corrected chi connectivity index (χ2v) is 12.0. The molecule has 0 aromatic heterocycles. The Bertz CT molecular complexity index is 1680. The first-order chi connectivity index (χ1) is 21.7. The SMILES string of the molecule is O=C(O[C@@H]1[C@@H](OCc2ccc3ccccc3c2)[C@@H]2OC(c3ccccc3)OC[C@H]2O[C@H]1Sc1ccccc1)c1ccccc1. The molecule has 2 fully saturated rings. The molecule has 7 rings (SSSR count).